The SMILES string of the molecule is CS(=O)(=O)Nc1cccc(C2C(=O)c3ccccc3N(Cc3ccc(C#N)cc3)C2=O)c1. The summed E-state index contributed by atoms with van der Waals surface area (Å²) < 4.78 is 25.6. The van der Waals surface area contributed by atoms with Gasteiger partial charge < -0.3 is 4.90 Å². The molecule has 160 valence electrons. The first-order valence-corrected chi connectivity index (χ1v) is 11.7. The first-order chi connectivity index (χ1) is 15.3. The molecule has 32 heavy (non-hydrogen) atoms. The number of Topliss-reactive ketones (excluding diaryl/α,β-unsaturated/α-hetero) is 1. The molecule has 0 fully saturated rings. The van der Waals surface area contributed by atoms with Crippen molar-refractivity contribution in [2.45, 2.75) is 12.5 Å². The summed E-state index contributed by atoms with van der Waals surface area (Å²) in [5.74, 6) is -1.82. The van der Waals surface area contributed by atoms with E-state index in [0.29, 0.717) is 22.4 Å². The third-order valence-electron chi connectivity index (χ3n) is 5.18. The van der Waals surface area contributed by atoms with Crippen LogP contribution in [0.1, 0.15) is 33.0 Å². The lowest BCUT2D eigenvalue weighted by Gasteiger charge is -2.33. The zero-order chi connectivity index (χ0) is 22.9. The summed E-state index contributed by atoms with van der Waals surface area (Å²) in [7, 11) is -3.51. The Morgan fingerprint density at radius 1 is 1.00 bits per heavy atom. The minimum atomic E-state index is -3.51. The second-order valence-electron chi connectivity index (χ2n) is 7.55. The number of nitriles is 1. The zero-order valence-corrected chi connectivity index (χ0v) is 18.0. The number of carbonyl (C=O) groups is 2. The molecule has 1 amide bonds. The maximum absolute atomic E-state index is 13.5. The predicted molar refractivity (Wildman–Crippen MR) is 121 cm³/mol. The van der Waals surface area contributed by atoms with E-state index < -0.39 is 21.8 Å². The van der Waals surface area contributed by atoms with Crippen molar-refractivity contribution in [1.82, 2.24) is 0 Å². The summed E-state index contributed by atoms with van der Waals surface area (Å²) in [6.07, 6.45) is 1.03. The van der Waals surface area contributed by atoms with Gasteiger partial charge in [0.2, 0.25) is 15.9 Å². The van der Waals surface area contributed by atoms with E-state index in [2.05, 4.69) is 10.8 Å². The molecule has 1 heterocycles. The van der Waals surface area contributed by atoms with E-state index in [9.17, 15) is 18.0 Å². The highest BCUT2D eigenvalue weighted by molar-refractivity contribution is 7.92. The molecule has 1 unspecified atom stereocenters. The number of ketones is 1. The van der Waals surface area contributed by atoms with Crippen LogP contribution in [0.4, 0.5) is 11.4 Å². The number of anilines is 2. The number of rotatable bonds is 5. The fourth-order valence-electron chi connectivity index (χ4n) is 3.78. The van der Waals surface area contributed by atoms with Crippen LogP contribution in [0.15, 0.2) is 72.8 Å². The van der Waals surface area contributed by atoms with E-state index in [-0.39, 0.29) is 18.0 Å². The van der Waals surface area contributed by atoms with Gasteiger partial charge in [-0.1, -0.05) is 36.4 Å². The van der Waals surface area contributed by atoms with Crippen LogP contribution in [0.3, 0.4) is 0 Å². The number of nitrogens with zero attached hydrogens (tertiary/aromatic N) is 2. The molecule has 3 aromatic carbocycles. The van der Waals surface area contributed by atoms with E-state index in [1.807, 2.05) is 0 Å². The molecule has 0 bridgehead atoms. The molecule has 0 aliphatic carbocycles. The van der Waals surface area contributed by atoms with Gasteiger partial charge in [-0.25, -0.2) is 8.42 Å². The average molecular weight is 446 g/mol. The van der Waals surface area contributed by atoms with Crippen molar-refractivity contribution in [3.8, 4) is 6.07 Å². The van der Waals surface area contributed by atoms with Gasteiger partial charge in [-0.3, -0.25) is 14.3 Å². The predicted octanol–water partition coefficient (Wildman–Crippen LogP) is 3.44. The van der Waals surface area contributed by atoms with Crippen LogP contribution in [0.5, 0.6) is 0 Å². The van der Waals surface area contributed by atoms with Crippen molar-refractivity contribution >= 4 is 33.1 Å². The van der Waals surface area contributed by atoms with Crippen molar-refractivity contribution in [2.75, 3.05) is 15.9 Å². The normalized spacial score (nSPS) is 15.8. The van der Waals surface area contributed by atoms with Crippen LogP contribution in [-0.2, 0) is 21.4 Å². The molecule has 0 radical (unpaired) electrons. The molecule has 4 rings (SSSR count). The summed E-state index contributed by atoms with van der Waals surface area (Å²) >= 11 is 0. The largest absolute Gasteiger partial charge is 0.306 e. The van der Waals surface area contributed by atoms with Crippen LogP contribution in [0.25, 0.3) is 0 Å². The first-order valence-electron chi connectivity index (χ1n) is 9.78. The fourth-order valence-corrected chi connectivity index (χ4v) is 4.33. The summed E-state index contributed by atoms with van der Waals surface area (Å²) in [6.45, 7) is 0.229. The van der Waals surface area contributed by atoms with Crippen LogP contribution < -0.4 is 9.62 Å². The number of benzene rings is 3. The van der Waals surface area contributed by atoms with Gasteiger partial charge in [0.15, 0.2) is 5.78 Å². The molecule has 8 heteroatoms. The second-order valence-corrected chi connectivity index (χ2v) is 9.30. The lowest BCUT2D eigenvalue weighted by Crippen LogP contribution is -2.43. The Hall–Kier alpha value is -3.96. The second kappa shape index (κ2) is 8.29. The smallest absolute Gasteiger partial charge is 0.242 e. The molecule has 7 nitrogen and oxygen atoms in total. The molecule has 1 N–H and O–H groups in total. The quantitative estimate of drug-likeness (QED) is 0.606. The van der Waals surface area contributed by atoms with Crippen LogP contribution in [-0.4, -0.2) is 26.4 Å². The molecular weight excluding hydrogens is 426 g/mol. The van der Waals surface area contributed by atoms with Gasteiger partial charge in [-0.15, -0.1) is 0 Å². The Balaban J connectivity index is 1.75. The number of carbonyl (C=O) groups excluding carboxylic acids is 2. The standard InChI is InChI=1S/C24H19N3O4S/c1-32(30,31)26-19-6-4-5-18(13-19)22-23(28)20-7-2-3-8-21(20)27(24(22)29)15-17-11-9-16(14-25)10-12-17/h2-13,22,26H,15H2,1H3. The number of hydrogen-bond donors (Lipinski definition) is 1. The Morgan fingerprint density at radius 3 is 2.41 bits per heavy atom. The summed E-state index contributed by atoms with van der Waals surface area (Å²) in [4.78, 5) is 28.4. The molecule has 0 saturated heterocycles. The highest BCUT2D eigenvalue weighted by atomic mass is 32.2. The monoisotopic (exact) mass is 445 g/mol. The van der Waals surface area contributed by atoms with Gasteiger partial charge in [0, 0.05) is 11.3 Å². The molecule has 0 spiro atoms. The summed E-state index contributed by atoms with van der Waals surface area (Å²) in [6, 6.07) is 22.2. The van der Waals surface area contributed by atoms with Crippen LogP contribution in [0, 0.1) is 11.3 Å². The Labute approximate surface area is 186 Å². The van der Waals surface area contributed by atoms with Gasteiger partial charge in [0.1, 0.15) is 5.92 Å². The molecule has 0 saturated carbocycles. The van der Waals surface area contributed by atoms with E-state index in [1.54, 1.807) is 71.6 Å². The Morgan fingerprint density at radius 2 is 1.72 bits per heavy atom. The van der Waals surface area contributed by atoms with Gasteiger partial charge >= 0.3 is 0 Å². The Bertz CT molecular complexity index is 1360. The van der Waals surface area contributed by atoms with E-state index in [4.69, 9.17) is 5.26 Å². The topological polar surface area (TPSA) is 107 Å². The average Bonchev–Trinajstić information content (AvgIpc) is 2.76. The maximum Gasteiger partial charge on any atom is 0.242 e. The molecular formula is C24H19N3O4S. The number of amides is 1. The zero-order valence-electron chi connectivity index (χ0n) is 17.1. The fraction of sp³-hybridized carbons (Fsp3) is 0.125. The van der Waals surface area contributed by atoms with E-state index >= 15 is 0 Å². The lowest BCUT2D eigenvalue weighted by atomic mass is 9.84. The number of para-hydroxylation sites is 1. The van der Waals surface area contributed by atoms with E-state index in [0.717, 1.165) is 11.8 Å². The van der Waals surface area contributed by atoms with Gasteiger partial charge in [0.25, 0.3) is 0 Å². The van der Waals surface area contributed by atoms with Crippen LogP contribution >= 0.6 is 0 Å². The minimum absolute atomic E-state index is 0.229. The van der Waals surface area contributed by atoms with Crippen molar-refractivity contribution in [3.05, 3.63) is 95.1 Å². The van der Waals surface area contributed by atoms with Crippen molar-refractivity contribution in [2.24, 2.45) is 0 Å². The van der Waals surface area contributed by atoms with Crippen molar-refractivity contribution < 1.29 is 18.0 Å². The highest BCUT2D eigenvalue weighted by Crippen LogP contribution is 2.37. The first kappa shape index (κ1) is 21.3. The number of nitrogens with one attached hydrogen (secondary N) is 1. The van der Waals surface area contributed by atoms with Crippen LogP contribution in [0.2, 0.25) is 0 Å². The van der Waals surface area contributed by atoms with Gasteiger partial charge in [-0.2, -0.15) is 5.26 Å². The van der Waals surface area contributed by atoms with Crippen molar-refractivity contribution in [3.63, 3.8) is 0 Å². The summed E-state index contributed by atoms with van der Waals surface area (Å²) in [5.41, 5.74) is 2.96. The summed E-state index contributed by atoms with van der Waals surface area (Å²) in [5, 5.41) is 9.01. The highest BCUT2D eigenvalue weighted by Gasteiger charge is 2.40. The number of sulfonamides is 1. The van der Waals surface area contributed by atoms with Gasteiger partial charge in [0.05, 0.1) is 30.1 Å². The molecule has 1 aliphatic heterocycles. The number of fused-ring (bicyclic) bond motifs is 1. The third kappa shape index (κ3) is 4.24. The lowest BCUT2D eigenvalue weighted by molar-refractivity contribution is -0.119. The molecule has 1 atom stereocenters. The molecule has 0 aromatic heterocycles. The number of hydrogen-bond acceptors (Lipinski definition) is 5. The van der Waals surface area contributed by atoms with Gasteiger partial charge in [-0.05, 0) is 47.5 Å². The third-order valence-corrected chi connectivity index (χ3v) is 5.79. The maximum atomic E-state index is 13.5. The molecule has 1 aliphatic rings. The van der Waals surface area contributed by atoms with E-state index in [1.165, 1.54) is 6.07 Å². The minimum Gasteiger partial charge on any atom is -0.306 e. The molecule has 3 aromatic rings. The van der Waals surface area contributed by atoms with Crippen molar-refractivity contribution in [1.29, 1.82) is 5.26 Å². The Kier molecular flexibility index (Phi) is 5.51.